The summed E-state index contributed by atoms with van der Waals surface area (Å²) in [5, 5.41) is 8.45. The van der Waals surface area contributed by atoms with Crippen LogP contribution in [0.15, 0.2) is 12.3 Å². The zero-order valence-corrected chi connectivity index (χ0v) is 8.52. The fraction of sp³-hybridized carbons (Fsp3) is 0.333. The second-order valence-corrected chi connectivity index (χ2v) is 3.35. The molecule has 0 saturated carbocycles. The SMILES string of the molecule is Cc1c(-c2cc(N)n(C)n2)cnn1C. The summed E-state index contributed by atoms with van der Waals surface area (Å²) in [6.45, 7) is 2.01. The quantitative estimate of drug-likeness (QED) is 0.722. The molecule has 0 aromatic carbocycles. The lowest BCUT2D eigenvalue weighted by atomic mass is 10.2. The number of anilines is 1. The van der Waals surface area contributed by atoms with Crippen molar-refractivity contribution in [3.8, 4) is 11.3 Å². The van der Waals surface area contributed by atoms with Crippen LogP contribution in [0.5, 0.6) is 0 Å². The first-order valence-corrected chi connectivity index (χ1v) is 4.38. The van der Waals surface area contributed by atoms with Crippen LogP contribution in [0.3, 0.4) is 0 Å². The van der Waals surface area contributed by atoms with Gasteiger partial charge in [-0.05, 0) is 6.92 Å². The molecule has 5 heteroatoms. The lowest BCUT2D eigenvalue weighted by Gasteiger charge is -1.95. The molecule has 0 spiro atoms. The number of nitrogens with two attached hydrogens (primary N) is 1. The summed E-state index contributed by atoms with van der Waals surface area (Å²) in [6, 6.07) is 1.85. The van der Waals surface area contributed by atoms with Crippen LogP contribution < -0.4 is 5.73 Å². The van der Waals surface area contributed by atoms with E-state index in [0.717, 1.165) is 17.0 Å². The normalized spacial score (nSPS) is 10.8. The van der Waals surface area contributed by atoms with Gasteiger partial charge >= 0.3 is 0 Å². The highest BCUT2D eigenvalue weighted by Crippen LogP contribution is 2.22. The number of rotatable bonds is 1. The largest absolute Gasteiger partial charge is 0.384 e. The number of aromatic nitrogens is 4. The van der Waals surface area contributed by atoms with Crippen LogP contribution in [0.25, 0.3) is 11.3 Å². The molecule has 2 aromatic rings. The van der Waals surface area contributed by atoms with Crippen molar-refractivity contribution in [1.82, 2.24) is 19.6 Å². The van der Waals surface area contributed by atoms with Gasteiger partial charge in [-0.15, -0.1) is 0 Å². The highest BCUT2D eigenvalue weighted by molar-refractivity contribution is 5.63. The standard InChI is InChI=1S/C9H13N5/c1-6-7(5-11-13(6)2)8-4-9(10)14(3)12-8/h4-5H,10H2,1-3H3. The van der Waals surface area contributed by atoms with Crippen LogP contribution in [0.1, 0.15) is 5.69 Å². The fourth-order valence-corrected chi connectivity index (χ4v) is 1.36. The van der Waals surface area contributed by atoms with E-state index in [9.17, 15) is 0 Å². The Bertz CT molecular complexity index is 446. The minimum absolute atomic E-state index is 0.656. The Labute approximate surface area is 82.1 Å². The second-order valence-electron chi connectivity index (χ2n) is 3.35. The van der Waals surface area contributed by atoms with Crippen molar-refractivity contribution in [2.45, 2.75) is 6.92 Å². The first kappa shape index (κ1) is 8.80. The maximum atomic E-state index is 5.71. The van der Waals surface area contributed by atoms with Gasteiger partial charge in [-0.2, -0.15) is 10.2 Å². The Morgan fingerprint density at radius 2 is 2.00 bits per heavy atom. The highest BCUT2D eigenvalue weighted by atomic mass is 15.3. The summed E-state index contributed by atoms with van der Waals surface area (Å²) in [6.07, 6.45) is 1.80. The number of nitrogen functional groups attached to an aromatic ring is 1. The number of hydrogen-bond donors (Lipinski definition) is 1. The molecular weight excluding hydrogens is 178 g/mol. The summed E-state index contributed by atoms with van der Waals surface area (Å²) in [5.41, 5.74) is 8.69. The first-order chi connectivity index (χ1) is 6.59. The molecule has 74 valence electrons. The van der Waals surface area contributed by atoms with Crippen LogP contribution in [0.2, 0.25) is 0 Å². The fourth-order valence-electron chi connectivity index (χ4n) is 1.36. The first-order valence-electron chi connectivity index (χ1n) is 4.38. The van der Waals surface area contributed by atoms with Crippen LogP contribution in [-0.2, 0) is 14.1 Å². The molecule has 2 heterocycles. The van der Waals surface area contributed by atoms with E-state index >= 15 is 0 Å². The highest BCUT2D eigenvalue weighted by Gasteiger charge is 2.10. The van der Waals surface area contributed by atoms with Gasteiger partial charge in [0, 0.05) is 31.4 Å². The van der Waals surface area contributed by atoms with Gasteiger partial charge in [0.1, 0.15) is 5.82 Å². The Kier molecular flexibility index (Phi) is 1.80. The summed E-state index contributed by atoms with van der Waals surface area (Å²) >= 11 is 0. The van der Waals surface area contributed by atoms with Crippen molar-refractivity contribution in [3.05, 3.63) is 18.0 Å². The maximum absolute atomic E-state index is 5.71. The van der Waals surface area contributed by atoms with E-state index in [-0.39, 0.29) is 0 Å². The number of hydrogen-bond acceptors (Lipinski definition) is 3. The Hall–Kier alpha value is -1.78. The van der Waals surface area contributed by atoms with E-state index in [4.69, 9.17) is 5.73 Å². The van der Waals surface area contributed by atoms with E-state index in [0.29, 0.717) is 5.82 Å². The van der Waals surface area contributed by atoms with Gasteiger partial charge in [0.25, 0.3) is 0 Å². The van der Waals surface area contributed by atoms with Crippen molar-refractivity contribution in [2.24, 2.45) is 14.1 Å². The van der Waals surface area contributed by atoms with Crippen molar-refractivity contribution in [3.63, 3.8) is 0 Å². The lowest BCUT2D eigenvalue weighted by Crippen LogP contribution is -1.96. The smallest absolute Gasteiger partial charge is 0.121 e. The maximum Gasteiger partial charge on any atom is 0.121 e. The van der Waals surface area contributed by atoms with E-state index in [2.05, 4.69) is 10.2 Å². The molecule has 0 fully saturated rings. The lowest BCUT2D eigenvalue weighted by molar-refractivity contribution is 0.740. The van der Waals surface area contributed by atoms with E-state index in [1.165, 1.54) is 0 Å². The third-order valence-electron chi connectivity index (χ3n) is 2.43. The Balaban J connectivity index is 2.54. The molecule has 0 amide bonds. The topological polar surface area (TPSA) is 61.7 Å². The van der Waals surface area contributed by atoms with Crippen LogP contribution in [0.4, 0.5) is 5.82 Å². The molecule has 0 aliphatic heterocycles. The van der Waals surface area contributed by atoms with Gasteiger partial charge < -0.3 is 5.73 Å². The van der Waals surface area contributed by atoms with Crippen LogP contribution in [0, 0.1) is 6.92 Å². The average Bonchev–Trinajstić information content (AvgIpc) is 2.61. The molecule has 0 aliphatic rings. The van der Waals surface area contributed by atoms with Crippen molar-refractivity contribution in [2.75, 3.05) is 5.73 Å². The zero-order valence-electron chi connectivity index (χ0n) is 8.52. The third-order valence-corrected chi connectivity index (χ3v) is 2.43. The van der Waals surface area contributed by atoms with Crippen molar-refractivity contribution in [1.29, 1.82) is 0 Å². The molecule has 0 aliphatic carbocycles. The Morgan fingerprint density at radius 3 is 2.43 bits per heavy atom. The van der Waals surface area contributed by atoms with Gasteiger partial charge in [0.15, 0.2) is 0 Å². The van der Waals surface area contributed by atoms with E-state index in [1.54, 1.807) is 10.9 Å². The van der Waals surface area contributed by atoms with Crippen molar-refractivity contribution >= 4 is 5.82 Å². The molecule has 2 rings (SSSR count). The predicted molar refractivity (Wildman–Crippen MR) is 54.6 cm³/mol. The monoisotopic (exact) mass is 191 g/mol. The molecular formula is C9H13N5. The summed E-state index contributed by atoms with van der Waals surface area (Å²) in [5.74, 6) is 0.656. The van der Waals surface area contributed by atoms with Gasteiger partial charge in [0.05, 0.1) is 11.9 Å². The molecule has 0 radical (unpaired) electrons. The molecule has 0 saturated heterocycles. The summed E-state index contributed by atoms with van der Waals surface area (Å²) in [4.78, 5) is 0. The van der Waals surface area contributed by atoms with Gasteiger partial charge in [-0.1, -0.05) is 0 Å². The average molecular weight is 191 g/mol. The molecule has 2 aromatic heterocycles. The minimum Gasteiger partial charge on any atom is -0.384 e. The minimum atomic E-state index is 0.656. The predicted octanol–water partition coefficient (Wildman–Crippen LogP) is 0.711. The van der Waals surface area contributed by atoms with E-state index in [1.807, 2.05) is 31.8 Å². The van der Waals surface area contributed by atoms with Crippen LogP contribution >= 0.6 is 0 Å². The zero-order chi connectivity index (χ0) is 10.3. The molecule has 0 atom stereocenters. The molecule has 14 heavy (non-hydrogen) atoms. The van der Waals surface area contributed by atoms with Crippen LogP contribution in [-0.4, -0.2) is 19.6 Å². The van der Waals surface area contributed by atoms with Gasteiger partial charge in [-0.3, -0.25) is 9.36 Å². The summed E-state index contributed by atoms with van der Waals surface area (Å²) in [7, 11) is 3.73. The third kappa shape index (κ3) is 1.17. The van der Waals surface area contributed by atoms with Gasteiger partial charge in [0.2, 0.25) is 0 Å². The van der Waals surface area contributed by atoms with Gasteiger partial charge in [-0.25, -0.2) is 0 Å². The molecule has 2 N–H and O–H groups in total. The number of nitrogens with zero attached hydrogens (tertiary/aromatic N) is 4. The molecule has 0 unspecified atom stereocenters. The molecule has 5 nitrogen and oxygen atoms in total. The molecule has 0 bridgehead atoms. The summed E-state index contributed by atoms with van der Waals surface area (Å²) < 4.78 is 3.47. The number of aryl methyl sites for hydroxylation is 2. The second kappa shape index (κ2) is 2.87. The Morgan fingerprint density at radius 1 is 1.29 bits per heavy atom. The van der Waals surface area contributed by atoms with Crippen molar-refractivity contribution < 1.29 is 0 Å². The van der Waals surface area contributed by atoms with E-state index < -0.39 is 0 Å².